The maximum Gasteiger partial charge on any atom is 0.355 e. The van der Waals surface area contributed by atoms with Crippen LogP contribution < -0.4 is 10.6 Å². The number of carbonyl (C=O) groups is 3. The molecule has 4 aromatic rings. The highest BCUT2D eigenvalue weighted by atomic mass is 79.9. The van der Waals surface area contributed by atoms with Crippen LogP contribution in [0.15, 0.2) is 106 Å². The normalized spacial score (nSPS) is 14.8. The van der Waals surface area contributed by atoms with Gasteiger partial charge in [0.05, 0.1) is 54.1 Å². The molecule has 1 unspecified atom stereocenters. The number of pyridine rings is 1. The second-order valence-electron chi connectivity index (χ2n) is 9.41. The van der Waals surface area contributed by atoms with Crippen molar-refractivity contribution in [2.24, 2.45) is 5.73 Å². The number of rotatable bonds is 6. The van der Waals surface area contributed by atoms with Crippen molar-refractivity contribution in [2.45, 2.75) is 5.92 Å². The number of nitriles is 1. The first-order chi connectivity index (χ1) is 20.7. The first kappa shape index (κ1) is 29.0. The number of hydrogen-bond donors (Lipinski definition) is 2. The molecule has 3 aromatic carbocycles. The van der Waals surface area contributed by atoms with Gasteiger partial charge < -0.3 is 20.3 Å². The van der Waals surface area contributed by atoms with Crippen molar-refractivity contribution >= 4 is 50.4 Å². The Hall–Kier alpha value is -5.47. The van der Waals surface area contributed by atoms with Crippen molar-refractivity contribution in [2.75, 3.05) is 19.1 Å². The van der Waals surface area contributed by atoms with E-state index in [0.717, 1.165) is 0 Å². The van der Waals surface area contributed by atoms with Crippen molar-refractivity contribution in [3.8, 4) is 17.3 Å². The molecule has 2 heterocycles. The molecule has 0 saturated heterocycles. The number of aromatic carboxylic acids is 1. The van der Waals surface area contributed by atoms with Gasteiger partial charge in [-0.3, -0.25) is 4.90 Å². The molecule has 0 fully saturated rings. The molecule has 0 bridgehead atoms. The molecular formula is C32H23BrN4O6. The number of fused-ring (bicyclic) bond motifs is 1. The molecule has 11 heteroatoms. The summed E-state index contributed by atoms with van der Waals surface area (Å²) < 4.78 is 10.9. The predicted molar refractivity (Wildman–Crippen MR) is 161 cm³/mol. The van der Waals surface area contributed by atoms with Gasteiger partial charge in [-0.05, 0) is 42.0 Å². The monoisotopic (exact) mass is 638 g/mol. The fourth-order valence-corrected chi connectivity index (χ4v) is 5.47. The molecular weight excluding hydrogens is 616 g/mol. The molecule has 1 aliphatic heterocycles. The van der Waals surface area contributed by atoms with Crippen LogP contribution in [0.5, 0.6) is 0 Å². The number of carboxylic acids is 1. The minimum absolute atomic E-state index is 0.0206. The number of anilines is 1. The Labute approximate surface area is 254 Å². The van der Waals surface area contributed by atoms with Crippen molar-refractivity contribution < 1.29 is 29.0 Å². The number of nitrogens with zero attached hydrogens (tertiary/aromatic N) is 3. The number of nitrogens with two attached hydrogens (primary N) is 1. The van der Waals surface area contributed by atoms with Crippen molar-refractivity contribution in [3.05, 3.63) is 117 Å². The van der Waals surface area contributed by atoms with Gasteiger partial charge in [0.15, 0.2) is 0 Å². The van der Waals surface area contributed by atoms with Gasteiger partial charge >= 0.3 is 17.9 Å². The second-order valence-corrected chi connectivity index (χ2v) is 10.3. The molecule has 3 N–H and O–H groups in total. The van der Waals surface area contributed by atoms with Crippen LogP contribution >= 0.6 is 15.9 Å². The average Bonchev–Trinajstić information content (AvgIpc) is 3.03. The molecule has 1 aliphatic rings. The van der Waals surface area contributed by atoms with Gasteiger partial charge in [0, 0.05) is 21.1 Å². The molecule has 5 rings (SSSR count). The van der Waals surface area contributed by atoms with E-state index in [2.05, 4.69) is 27.0 Å². The van der Waals surface area contributed by atoms with E-state index in [1.165, 1.54) is 25.2 Å². The first-order valence-electron chi connectivity index (χ1n) is 12.8. The van der Waals surface area contributed by atoms with E-state index >= 15 is 0 Å². The Morgan fingerprint density at radius 1 is 0.977 bits per heavy atom. The highest BCUT2D eigenvalue weighted by molar-refractivity contribution is 9.10. The highest BCUT2D eigenvalue weighted by Gasteiger charge is 2.43. The average molecular weight is 639 g/mol. The SMILES string of the molecule is COC(=O)C1=C(C(=O)OC)N(c2cccc(-c3cc(C(=O)O)c4cc(Br)ccc4n3)c2)C(N)=C(C#N)C1c1ccccc1. The van der Waals surface area contributed by atoms with Gasteiger partial charge in [-0.15, -0.1) is 0 Å². The van der Waals surface area contributed by atoms with E-state index < -0.39 is 23.8 Å². The van der Waals surface area contributed by atoms with Gasteiger partial charge in [0.25, 0.3) is 0 Å². The van der Waals surface area contributed by atoms with E-state index in [1.54, 1.807) is 72.8 Å². The fourth-order valence-electron chi connectivity index (χ4n) is 5.11. The minimum atomic E-state index is -1.13. The molecule has 0 spiro atoms. The number of carboxylic acid groups (broad SMARTS) is 1. The molecule has 43 heavy (non-hydrogen) atoms. The van der Waals surface area contributed by atoms with Gasteiger partial charge in [-0.25, -0.2) is 19.4 Å². The summed E-state index contributed by atoms with van der Waals surface area (Å²) in [6, 6.07) is 24.0. The molecule has 1 aromatic heterocycles. The Morgan fingerprint density at radius 2 is 1.70 bits per heavy atom. The molecule has 10 nitrogen and oxygen atoms in total. The van der Waals surface area contributed by atoms with E-state index in [9.17, 15) is 24.8 Å². The lowest BCUT2D eigenvalue weighted by Gasteiger charge is -2.36. The third kappa shape index (κ3) is 5.20. The number of esters is 2. The molecule has 0 saturated carbocycles. The lowest BCUT2D eigenvalue weighted by Crippen LogP contribution is -2.40. The number of carbonyl (C=O) groups excluding carboxylic acids is 2. The van der Waals surface area contributed by atoms with Gasteiger partial charge in [-0.1, -0.05) is 58.4 Å². The Bertz CT molecular complexity index is 1910. The maximum atomic E-state index is 13.4. The number of benzene rings is 3. The third-order valence-corrected chi connectivity index (χ3v) is 7.50. The van der Waals surface area contributed by atoms with Crippen LogP contribution in [0.2, 0.25) is 0 Å². The van der Waals surface area contributed by atoms with Crippen molar-refractivity contribution in [1.29, 1.82) is 5.26 Å². The Balaban J connectivity index is 1.76. The lowest BCUT2D eigenvalue weighted by atomic mass is 9.81. The summed E-state index contributed by atoms with van der Waals surface area (Å²) in [4.78, 5) is 44.8. The van der Waals surface area contributed by atoms with E-state index in [-0.39, 0.29) is 28.2 Å². The molecule has 0 amide bonds. The smallest absolute Gasteiger partial charge is 0.355 e. The van der Waals surface area contributed by atoms with Crippen LogP contribution in [-0.4, -0.2) is 42.2 Å². The standard InChI is InChI=1S/C32H23BrN4O6/c1-42-31(40)27-26(17-7-4-3-5-8-17)23(16-34)29(35)37(28(27)32(41)43-2)20-10-6-9-18(13-20)25-15-22(30(38)39)21-14-19(33)11-12-24(21)36-25/h3-15,26H,35H2,1-2H3,(H,38,39). The lowest BCUT2D eigenvalue weighted by molar-refractivity contribution is -0.139. The van der Waals surface area contributed by atoms with Gasteiger partial charge in [0.1, 0.15) is 11.5 Å². The second kappa shape index (κ2) is 11.8. The number of methoxy groups -OCH3 is 2. The van der Waals surface area contributed by atoms with E-state index in [4.69, 9.17) is 15.2 Å². The molecule has 0 aliphatic carbocycles. The highest BCUT2D eigenvalue weighted by Crippen LogP contribution is 2.43. The van der Waals surface area contributed by atoms with Crippen molar-refractivity contribution in [3.63, 3.8) is 0 Å². The zero-order valence-electron chi connectivity index (χ0n) is 22.9. The number of aromatic nitrogens is 1. The summed E-state index contributed by atoms with van der Waals surface area (Å²) in [6.45, 7) is 0. The summed E-state index contributed by atoms with van der Waals surface area (Å²) in [5, 5.41) is 20.7. The number of ether oxygens (including phenoxy) is 2. The van der Waals surface area contributed by atoms with Gasteiger partial charge in [0.2, 0.25) is 0 Å². The number of allylic oxidation sites excluding steroid dienone is 1. The largest absolute Gasteiger partial charge is 0.478 e. The summed E-state index contributed by atoms with van der Waals surface area (Å²) in [5.74, 6) is -3.95. The van der Waals surface area contributed by atoms with E-state index in [0.29, 0.717) is 37.9 Å². The third-order valence-electron chi connectivity index (χ3n) is 7.01. The molecule has 0 radical (unpaired) electrons. The van der Waals surface area contributed by atoms with Crippen LogP contribution in [0, 0.1) is 11.3 Å². The van der Waals surface area contributed by atoms with Gasteiger partial charge in [-0.2, -0.15) is 5.26 Å². The zero-order valence-corrected chi connectivity index (χ0v) is 24.5. The van der Waals surface area contributed by atoms with Crippen LogP contribution in [0.3, 0.4) is 0 Å². The quantitative estimate of drug-likeness (QED) is 0.267. The summed E-state index contributed by atoms with van der Waals surface area (Å²) >= 11 is 3.37. The molecule has 1 atom stereocenters. The maximum absolute atomic E-state index is 13.4. The topological polar surface area (TPSA) is 156 Å². The first-order valence-corrected chi connectivity index (χ1v) is 13.6. The number of hydrogen-bond acceptors (Lipinski definition) is 9. The summed E-state index contributed by atoms with van der Waals surface area (Å²) in [7, 11) is 2.34. The predicted octanol–water partition coefficient (Wildman–Crippen LogP) is 5.26. The van der Waals surface area contributed by atoms with Crippen molar-refractivity contribution in [1.82, 2.24) is 4.98 Å². The fraction of sp³-hybridized carbons (Fsp3) is 0.0938. The molecule has 214 valence electrons. The Morgan fingerprint density at radius 3 is 2.35 bits per heavy atom. The Kier molecular flexibility index (Phi) is 7.96. The van der Waals surface area contributed by atoms with Crippen LogP contribution in [0.4, 0.5) is 5.69 Å². The van der Waals surface area contributed by atoms with Crippen LogP contribution in [0.25, 0.3) is 22.2 Å². The summed E-state index contributed by atoms with van der Waals surface area (Å²) in [5.41, 5.74) is 8.47. The minimum Gasteiger partial charge on any atom is -0.478 e. The number of halogens is 1. The van der Waals surface area contributed by atoms with Crippen LogP contribution in [0.1, 0.15) is 21.8 Å². The van der Waals surface area contributed by atoms with E-state index in [1.807, 2.05) is 0 Å². The zero-order chi connectivity index (χ0) is 30.8. The summed E-state index contributed by atoms with van der Waals surface area (Å²) in [6.07, 6.45) is 0. The van der Waals surface area contributed by atoms with Crippen LogP contribution in [-0.2, 0) is 19.1 Å².